The molecular formula is C16H25N3O3. The molecule has 2 fully saturated rings. The zero-order chi connectivity index (χ0) is 15.7. The quantitative estimate of drug-likeness (QED) is 0.921. The van der Waals surface area contributed by atoms with E-state index in [1.807, 2.05) is 24.0 Å². The lowest BCUT2D eigenvalue weighted by molar-refractivity contribution is 0.00374. The number of nitrogens with zero attached hydrogens (tertiary/aromatic N) is 2. The summed E-state index contributed by atoms with van der Waals surface area (Å²) in [6, 6.07) is 3.68. The molecule has 6 heteroatoms. The predicted octanol–water partition coefficient (Wildman–Crippen LogP) is 1.77. The molecule has 0 bridgehead atoms. The largest absolute Gasteiger partial charge is 0.464 e. The standard InChI is InChI=1S/C16H25N3O3/c1-12-4-5-14(22-12)13-10-21-9-8-19(13)15(20)17-11-16(6-7-16)18(2)3/h4-5,13H,6-11H2,1-3H3,(H,17,20). The van der Waals surface area contributed by atoms with Gasteiger partial charge < -0.3 is 24.3 Å². The second-order valence-electron chi connectivity index (χ2n) is 6.51. The van der Waals surface area contributed by atoms with Crippen LogP contribution < -0.4 is 5.32 Å². The van der Waals surface area contributed by atoms with Crippen molar-refractivity contribution in [3.63, 3.8) is 0 Å². The van der Waals surface area contributed by atoms with Crippen molar-refractivity contribution < 1.29 is 13.9 Å². The molecule has 1 aromatic heterocycles. The fourth-order valence-electron chi connectivity index (χ4n) is 2.98. The fraction of sp³-hybridized carbons (Fsp3) is 0.688. The first-order valence-electron chi connectivity index (χ1n) is 7.88. The third-order valence-corrected chi connectivity index (χ3v) is 4.82. The van der Waals surface area contributed by atoms with Gasteiger partial charge in [-0.25, -0.2) is 4.79 Å². The number of urea groups is 1. The lowest BCUT2D eigenvalue weighted by atomic mass is 10.2. The van der Waals surface area contributed by atoms with Crippen molar-refractivity contribution in [2.75, 3.05) is 40.4 Å². The molecule has 2 amide bonds. The average Bonchev–Trinajstić information content (AvgIpc) is 3.20. The van der Waals surface area contributed by atoms with E-state index >= 15 is 0 Å². The molecule has 22 heavy (non-hydrogen) atoms. The van der Waals surface area contributed by atoms with Crippen LogP contribution in [0.15, 0.2) is 16.5 Å². The number of carbonyl (C=O) groups is 1. The number of hydrogen-bond donors (Lipinski definition) is 1. The maximum absolute atomic E-state index is 12.6. The summed E-state index contributed by atoms with van der Waals surface area (Å²) in [4.78, 5) is 16.6. The second-order valence-corrected chi connectivity index (χ2v) is 6.51. The van der Waals surface area contributed by atoms with E-state index in [4.69, 9.17) is 9.15 Å². The summed E-state index contributed by atoms with van der Waals surface area (Å²) in [5.74, 6) is 1.64. The van der Waals surface area contributed by atoms with Crippen molar-refractivity contribution in [2.45, 2.75) is 31.3 Å². The Labute approximate surface area is 131 Å². The number of carbonyl (C=O) groups excluding carboxylic acids is 1. The minimum Gasteiger partial charge on any atom is -0.464 e. The number of nitrogens with one attached hydrogen (secondary N) is 1. The van der Waals surface area contributed by atoms with Crippen LogP contribution in [-0.2, 0) is 4.74 Å². The van der Waals surface area contributed by atoms with Crippen molar-refractivity contribution in [3.8, 4) is 0 Å². The van der Waals surface area contributed by atoms with Gasteiger partial charge in [0.2, 0.25) is 0 Å². The molecule has 3 rings (SSSR count). The van der Waals surface area contributed by atoms with Crippen LogP contribution >= 0.6 is 0 Å². The summed E-state index contributed by atoms with van der Waals surface area (Å²) in [7, 11) is 4.14. The third-order valence-electron chi connectivity index (χ3n) is 4.82. The number of likely N-dealkylation sites (N-methyl/N-ethyl adjacent to an activating group) is 1. The van der Waals surface area contributed by atoms with Crippen molar-refractivity contribution in [2.24, 2.45) is 0 Å². The summed E-state index contributed by atoms with van der Waals surface area (Å²) in [5, 5.41) is 3.09. The normalized spacial score (nSPS) is 23.6. The van der Waals surface area contributed by atoms with Crippen LogP contribution in [0.1, 0.15) is 30.4 Å². The maximum atomic E-state index is 12.6. The minimum absolute atomic E-state index is 0.0320. The Kier molecular flexibility index (Phi) is 4.14. The number of ether oxygens (including phenoxy) is 1. The molecule has 2 aliphatic rings. The van der Waals surface area contributed by atoms with Crippen LogP contribution in [0, 0.1) is 6.92 Å². The molecule has 1 aliphatic carbocycles. The summed E-state index contributed by atoms with van der Waals surface area (Å²) >= 11 is 0. The van der Waals surface area contributed by atoms with Gasteiger partial charge >= 0.3 is 6.03 Å². The Morgan fingerprint density at radius 1 is 1.45 bits per heavy atom. The molecule has 1 saturated carbocycles. The van der Waals surface area contributed by atoms with Gasteiger partial charge in [-0.1, -0.05) is 0 Å². The molecule has 0 aromatic carbocycles. The zero-order valence-electron chi connectivity index (χ0n) is 13.6. The molecule has 1 N–H and O–H groups in total. The fourth-order valence-corrected chi connectivity index (χ4v) is 2.98. The van der Waals surface area contributed by atoms with Crippen LogP contribution in [0.25, 0.3) is 0 Å². The van der Waals surface area contributed by atoms with Gasteiger partial charge in [0.1, 0.15) is 17.6 Å². The van der Waals surface area contributed by atoms with E-state index < -0.39 is 0 Å². The highest BCUT2D eigenvalue weighted by Gasteiger charge is 2.45. The third kappa shape index (κ3) is 2.98. The van der Waals surface area contributed by atoms with E-state index in [2.05, 4.69) is 24.3 Å². The molecule has 0 radical (unpaired) electrons. The van der Waals surface area contributed by atoms with Crippen molar-refractivity contribution in [1.29, 1.82) is 0 Å². The lowest BCUT2D eigenvalue weighted by Gasteiger charge is -2.35. The Morgan fingerprint density at radius 2 is 2.23 bits per heavy atom. The lowest BCUT2D eigenvalue weighted by Crippen LogP contribution is -2.51. The molecule has 1 aliphatic heterocycles. The van der Waals surface area contributed by atoms with Crippen LogP contribution in [0.3, 0.4) is 0 Å². The zero-order valence-corrected chi connectivity index (χ0v) is 13.6. The van der Waals surface area contributed by atoms with Gasteiger partial charge in [-0.2, -0.15) is 0 Å². The molecule has 0 spiro atoms. The molecule has 2 heterocycles. The summed E-state index contributed by atoms with van der Waals surface area (Å²) in [6.07, 6.45) is 2.29. The summed E-state index contributed by atoms with van der Waals surface area (Å²) in [6.45, 7) is 4.25. The Bertz CT molecular complexity index is 536. The Balaban J connectivity index is 1.64. The van der Waals surface area contributed by atoms with Crippen LogP contribution in [-0.4, -0.2) is 61.8 Å². The van der Waals surface area contributed by atoms with E-state index in [1.165, 1.54) is 0 Å². The molecule has 1 saturated heterocycles. The van der Waals surface area contributed by atoms with Gasteiger partial charge in [0, 0.05) is 18.6 Å². The van der Waals surface area contributed by atoms with Crippen molar-refractivity contribution in [3.05, 3.63) is 23.7 Å². The summed E-state index contributed by atoms with van der Waals surface area (Å²) in [5.41, 5.74) is 0.152. The van der Waals surface area contributed by atoms with Gasteiger partial charge in [0.05, 0.1) is 13.2 Å². The van der Waals surface area contributed by atoms with Crippen molar-refractivity contribution >= 4 is 6.03 Å². The highest BCUT2D eigenvalue weighted by molar-refractivity contribution is 5.75. The molecule has 1 unspecified atom stereocenters. The van der Waals surface area contributed by atoms with E-state index in [0.717, 1.165) is 24.4 Å². The molecule has 1 aromatic rings. The molecule has 1 atom stereocenters. The van der Waals surface area contributed by atoms with Crippen LogP contribution in [0.2, 0.25) is 0 Å². The van der Waals surface area contributed by atoms with E-state index in [1.54, 1.807) is 0 Å². The Hall–Kier alpha value is -1.53. The van der Waals surface area contributed by atoms with Gasteiger partial charge in [-0.15, -0.1) is 0 Å². The molecule has 6 nitrogen and oxygen atoms in total. The molecule has 122 valence electrons. The smallest absolute Gasteiger partial charge is 0.318 e. The number of hydrogen-bond acceptors (Lipinski definition) is 4. The van der Waals surface area contributed by atoms with Gasteiger partial charge in [-0.3, -0.25) is 0 Å². The van der Waals surface area contributed by atoms with Gasteiger partial charge in [0.15, 0.2) is 0 Å². The first kappa shape index (κ1) is 15.4. The van der Waals surface area contributed by atoms with E-state index in [0.29, 0.717) is 26.3 Å². The van der Waals surface area contributed by atoms with E-state index in [9.17, 15) is 4.79 Å². The highest BCUT2D eigenvalue weighted by Crippen LogP contribution is 2.39. The van der Waals surface area contributed by atoms with E-state index in [-0.39, 0.29) is 17.6 Å². The highest BCUT2D eigenvalue weighted by atomic mass is 16.5. The van der Waals surface area contributed by atoms with Crippen LogP contribution in [0.5, 0.6) is 0 Å². The first-order valence-corrected chi connectivity index (χ1v) is 7.88. The Morgan fingerprint density at radius 3 is 2.82 bits per heavy atom. The van der Waals surface area contributed by atoms with Gasteiger partial charge in [-0.05, 0) is 46.0 Å². The van der Waals surface area contributed by atoms with Gasteiger partial charge in [0.25, 0.3) is 0 Å². The first-order chi connectivity index (χ1) is 10.5. The number of morpholine rings is 1. The monoisotopic (exact) mass is 307 g/mol. The number of aryl methyl sites for hydroxylation is 1. The second kappa shape index (κ2) is 5.93. The average molecular weight is 307 g/mol. The van der Waals surface area contributed by atoms with Crippen molar-refractivity contribution in [1.82, 2.24) is 15.1 Å². The number of amides is 2. The maximum Gasteiger partial charge on any atom is 0.318 e. The SMILES string of the molecule is Cc1ccc(C2COCCN2C(=O)NCC2(N(C)C)CC2)o1. The van der Waals surface area contributed by atoms with Crippen LogP contribution in [0.4, 0.5) is 4.79 Å². The minimum atomic E-state index is -0.142. The summed E-state index contributed by atoms with van der Waals surface area (Å²) < 4.78 is 11.2. The number of rotatable bonds is 4. The molecular weight excluding hydrogens is 282 g/mol. The number of furan rings is 1. The topological polar surface area (TPSA) is 58.0 Å². The predicted molar refractivity (Wildman–Crippen MR) is 82.8 cm³/mol.